The van der Waals surface area contributed by atoms with E-state index >= 15 is 0 Å². The summed E-state index contributed by atoms with van der Waals surface area (Å²) in [5.74, 6) is 0. The van der Waals surface area contributed by atoms with E-state index in [-0.39, 0.29) is 0 Å². The second kappa shape index (κ2) is 3.94. The zero-order chi connectivity index (χ0) is 7.40. The van der Waals surface area contributed by atoms with Crippen molar-refractivity contribution in [1.82, 2.24) is 10.6 Å². The third kappa shape index (κ3) is 1.70. The molecule has 1 aliphatic heterocycles. The summed E-state index contributed by atoms with van der Waals surface area (Å²) in [6, 6.07) is 1.41. The molecule has 1 saturated heterocycles. The first kappa shape index (κ1) is 8.02. The lowest BCUT2D eigenvalue weighted by Gasteiger charge is -2.32. The second-order valence-corrected chi connectivity index (χ2v) is 2.94. The van der Waals surface area contributed by atoms with Gasteiger partial charge in [-0.25, -0.2) is 0 Å². The monoisotopic (exact) mass is 142 g/mol. The van der Waals surface area contributed by atoms with Crippen molar-refractivity contribution in [1.29, 1.82) is 0 Å². The fraction of sp³-hybridized carbons (Fsp3) is 1.00. The Labute approximate surface area is 63.4 Å². The summed E-state index contributed by atoms with van der Waals surface area (Å²) in [5, 5.41) is 7.01. The lowest BCUT2D eigenvalue weighted by molar-refractivity contribution is 0.307. The molecule has 1 heterocycles. The highest BCUT2D eigenvalue weighted by Gasteiger charge is 2.19. The van der Waals surface area contributed by atoms with Crippen LogP contribution >= 0.6 is 0 Å². The summed E-state index contributed by atoms with van der Waals surface area (Å²) in [7, 11) is 0. The molecule has 2 heteroatoms. The number of piperazine rings is 1. The molecule has 2 N–H and O–H groups in total. The van der Waals surface area contributed by atoms with Crippen molar-refractivity contribution in [3.05, 3.63) is 0 Å². The van der Waals surface area contributed by atoms with Crippen molar-refractivity contribution in [3.63, 3.8) is 0 Å². The van der Waals surface area contributed by atoms with Gasteiger partial charge >= 0.3 is 0 Å². The van der Waals surface area contributed by atoms with Crippen LogP contribution in [0.3, 0.4) is 0 Å². The van der Waals surface area contributed by atoms with Gasteiger partial charge in [-0.3, -0.25) is 0 Å². The SMILES string of the molecule is CC[C@@H]1NCCN[C@@H]1CC. The predicted molar refractivity (Wildman–Crippen MR) is 44.2 cm³/mol. The van der Waals surface area contributed by atoms with Gasteiger partial charge in [0.15, 0.2) is 0 Å². The van der Waals surface area contributed by atoms with Gasteiger partial charge in [0.25, 0.3) is 0 Å². The van der Waals surface area contributed by atoms with E-state index in [1.54, 1.807) is 0 Å². The molecule has 0 radical (unpaired) electrons. The zero-order valence-electron chi connectivity index (χ0n) is 6.98. The molecule has 1 rings (SSSR count). The molecule has 10 heavy (non-hydrogen) atoms. The fourth-order valence-electron chi connectivity index (χ4n) is 1.66. The molecular formula is C8H18N2. The van der Waals surface area contributed by atoms with Crippen LogP contribution < -0.4 is 10.6 Å². The Morgan fingerprint density at radius 1 is 1.00 bits per heavy atom. The number of hydrogen-bond donors (Lipinski definition) is 2. The summed E-state index contributed by atoms with van der Waals surface area (Å²) >= 11 is 0. The average Bonchev–Trinajstić information content (AvgIpc) is 2.04. The van der Waals surface area contributed by atoms with Gasteiger partial charge in [-0.05, 0) is 12.8 Å². The first-order valence-corrected chi connectivity index (χ1v) is 4.35. The lowest BCUT2D eigenvalue weighted by Crippen LogP contribution is -2.55. The van der Waals surface area contributed by atoms with Gasteiger partial charge in [-0.15, -0.1) is 0 Å². The van der Waals surface area contributed by atoms with E-state index in [2.05, 4.69) is 24.5 Å². The van der Waals surface area contributed by atoms with E-state index in [0.717, 1.165) is 13.1 Å². The van der Waals surface area contributed by atoms with E-state index in [0.29, 0.717) is 12.1 Å². The minimum Gasteiger partial charge on any atom is -0.311 e. The smallest absolute Gasteiger partial charge is 0.0219 e. The molecule has 0 aromatic heterocycles. The summed E-state index contributed by atoms with van der Waals surface area (Å²) in [5.41, 5.74) is 0. The first-order chi connectivity index (χ1) is 4.88. The van der Waals surface area contributed by atoms with Crippen LogP contribution in [0, 0.1) is 0 Å². The molecule has 1 fully saturated rings. The van der Waals surface area contributed by atoms with Crippen molar-refractivity contribution in [2.75, 3.05) is 13.1 Å². The van der Waals surface area contributed by atoms with Gasteiger partial charge in [0.2, 0.25) is 0 Å². The van der Waals surface area contributed by atoms with Crippen LogP contribution in [0.5, 0.6) is 0 Å². The zero-order valence-corrected chi connectivity index (χ0v) is 6.98. The van der Waals surface area contributed by atoms with Crippen molar-refractivity contribution < 1.29 is 0 Å². The van der Waals surface area contributed by atoms with Crippen LogP contribution in [0.25, 0.3) is 0 Å². The molecule has 0 spiro atoms. The molecule has 0 amide bonds. The van der Waals surface area contributed by atoms with Crippen LogP contribution in [0.2, 0.25) is 0 Å². The van der Waals surface area contributed by atoms with Gasteiger partial charge in [0.05, 0.1) is 0 Å². The standard InChI is InChI=1S/C8H18N2/c1-3-7-8(4-2)10-6-5-9-7/h7-10H,3-6H2,1-2H3/t7-,8+. The average molecular weight is 142 g/mol. The van der Waals surface area contributed by atoms with E-state index in [1.807, 2.05) is 0 Å². The van der Waals surface area contributed by atoms with Crippen LogP contribution in [0.1, 0.15) is 26.7 Å². The largest absolute Gasteiger partial charge is 0.311 e. The van der Waals surface area contributed by atoms with E-state index in [1.165, 1.54) is 12.8 Å². The maximum absolute atomic E-state index is 3.51. The van der Waals surface area contributed by atoms with Gasteiger partial charge < -0.3 is 10.6 Å². The summed E-state index contributed by atoms with van der Waals surface area (Å²) in [6.45, 7) is 6.75. The first-order valence-electron chi connectivity index (χ1n) is 4.35. The van der Waals surface area contributed by atoms with Crippen LogP contribution in [0.4, 0.5) is 0 Å². The highest BCUT2D eigenvalue weighted by atomic mass is 15.1. The molecule has 0 bridgehead atoms. The summed E-state index contributed by atoms with van der Waals surface area (Å²) in [4.78, 5) is 0. The highest BCUT2D eigenvalue weighted by molar-refractivity contribution is 4.84. The lowest BCUT2D eigenvalue weighted by atomic mass is 10.0. The third-order valence-corrected chi connectivity index (χ3v) is 2.30. The van der Waals surface area contributed by atoms with Crippen LogP contribution in [-0.4, -0.2) is 25.2 Å². The van der Waals surface area contributed by atoms with E-state index in [9.17, 15) is 0 Å². The Hall–Kier alpha value is -0.0800. The van der Waals surface area contributed by atoms with Crippen molar-refractivity contribution in [3.8, 4) is 0 Å². The van der Waals surface area contributed by atoms with E-state index < -0.39 is 0 Å². The minimum absolute atomic E-state index is 0.707. The highest BCUT2D eigenvalue weighted by Crippen LogP contribution is 2.05. The Kier molecular flexibility index (Phi) is 3.16. The minimum atomic E-state index is 0.707. The molecular weight excluding hydrogens is 124 g/mol. The van der Waals surface area contributed by atoms with Gasteiger partial charge in [-0.1, -0.05) is 13.8 Å². The molecule has 0 saturated carbocycles. The quantitative estimate of drug-likeness (QED) is 0.594. The van der Waals surface area contributed by atoms with Gasteiger partial charge in [0.1, 0.15) is 0 Å². The molecule has 1 aliphatic rings. The number of rotatable bonds is 2. The van der Waals surface area contributed by atoms with Gasteiger partial charge in [0, 0.05) is 25.2 Å². The molecule has 0 aromatic rings. The van der Waals surface area contributed by atoms with Crippen LogP contribution in [0.15, 0.2) is 0 Å². The predicted octanol–water partition coefficient (Wildman–Crippen LogP) is 0.736. The molecule has 2 atom stereocenters. The maximum atomic E-state index is 3.51. The Morgan fingerprint density at radius 3 is 1.70 bits per heavy atom. The third-order valence-electron chi connectivity index (χ3n) is 2.30. The van der Waals surface area contributed by atoms with Crippen molar-refractivity contribution >= 4 is 0 Å². The molecule has 0 unspecified atom stereocenters. The Balaban J connectivity index is 2.34. The van der Waals surface area contributed by atoms with Crippen molar-refractivity contribution in [2.24, 2.45) is 0 Å². The van der Waals surface area contributed by atoms with Crippen molar-refractivity contribution in [2.45, 2.75) is 38.8 Å². The number of nitrogens with one attached hydrogen (secondary N) is 2. The maximum Gasteiger partial charge on any atom is 0.0219 e. The topological polar surface area (TPSA) is 24.1 Å². The summed E-state index contributed by atoms with van der Waals surface area (Å²) < 4.78 is 0. The fourth-order valence-corrected chi connectivity index (χ4v) is 1.66. The van der Waals surface area contributed by atoms with Crippen LogP contribution in [-0.2, 0) is 0 Å². The molecule has 0 aromatic carbocycles. The Bertz CT molecular complexity index is 81.3. The Morgan fingerprint density at radius 2 is 1.40 bits per heavy atom. The van der Waals surface area contributed by atoms with E-state index in [4.69, 9.17) is 0 Å². The molecule has 60 valence electrons. The normalized spacial score (nSPS) is 34.2. The number of hydrogen-bond acceptors (Lipinski definition) is 2. The second-order valence-electron chi connectivity index (χ2n) is 2.94. The van der Waals surface area contributed by atoms with Gasteiger partial charge in [-0.2, -0.15) is 0 Å². The summed E-state index contributed by atoms with van der Waals surface area (Å²) in [6.07, 6.45) is 2.48. The molecule has 2 nitrogen and oxygen atoms in total. The molecule has 0 aliphatic carbocycles.